The smallest absolute Gasteiger partial charge is 0.255 e. The number of imide groups is 1. The number of aryl methyl sites for hydroxylation is 1. The fourth-order valence-corrected chi connectivity index (χ4v) is 7.27. The number of carbonyl (C=O) groups is 3. The van der Waals surface area contributed by atoms with E-state index in [9.17, 15) is 18.8 Å². The van der Waals surface area contributed by atoms with Gasteiger partial charge in [-0.1, -0.05) is 24.3 Å². The molecule has 0 spiro atoms. The highest BCUT2D eigenvalue weighted by Gasteiger charge is 2.40. The van der Waals surface area contributed by atoms with Crippen LogP contribution in [0.15, 0.2) is 54.6 Å². The summed E-state index contributed by atoms with van der Waals surface area (Å²) in [6.45, 7) is 3.75. The number of fused-ring (bicyclic) bond motifs is 2. The van der Waals surface area contributed by atoms with Gasteiger partial charge >= 0.3 is 0 Å². The van der Waals surface area contributed by atoms with Crippen molar-refractivity contribution in [2.24, 2.45) is 0 Å². The molecule has 2 fully saturated rings. The molecule has 3 aliphatic heterocycles. The van der Waals surface area contributed by atoms with E-state index in [0.717, 1.165) is 56.6 Å². The summed E-state index contributed by atoms with van der Waals surface area (Å²) in [5.41, 5.74) is 5.91. The monoisotopic (exact) mass is 607 g/mol. The van der Waals surface area contributed by atoms with Crippen LogP contribution in [0.1, 0.15) is 69.9 Å². The van der Waals surface area contributed by atoms with Crippen molar-refractivity contribution < 1.29 is 23.5 Å². The summed E-state index contributed by atoms with van der Waals surface area (Å²) in [5.74, 6) is -0.668. The molecule has 10 heteroatoms. The van der Waals surface area contributed by atoms with Crippen molar-refractivity contribution in [3.63, 3.8) is 0 Å². The van der Waals surface area contributed by atoms with E-state index in [4.69, 9.17) is 10.00 Å². The fourth-order valence-electron chi connectivity index (χ4n) is 7.27. The summed E-state index contributed by atoms with van der Waals surface area (Å²) >= 11 is 0. The predicted octanol–water partition coefficient (Wildman–Crippen LogP) is 4.24. The second-order valence-electron chi connectivity index (χ2n) is 12.2. The maximum absolute atomic E-state index is 14.6. The number of amides is 3. The van der Waals surface area contributed by atoms with Crippen molar-refractivity contribution >= 4 is 23.4 Å². The van der Waals surface area contributed by atoms with Gasteiger partial charge in [-0.2, -0.15) is 5.26 Å². The third-order valence-corrected chi connectivity index (χ3v) is 9.60. The van der Waals surface area contributed by atoms with Crippen molar-refractivity contribution in [1.82, 2.24) is 15.1 Å². The average molecular weight is 608 g/mol. The maximum Gasteiger partial charge on any atom is 0.255 e. The van der Waals surface area contributed by atoms with Crippen LogP contribution >= 0.6 is 0 Å². The van der Waals surface area contributed by atoms with E-state index in [1.807, 2.05) is 12.1 Å². The van der Waals surface area contributed by atoms with Gasteiger partial charge in [0.1, 0.15) is 24.2 Å². The van der Waals surface area contributed by atoms with Crippen molar-refractivity contribution in [2.45, 2.75) is 57.3 Å². The minimum Gasteiger partial charge on any atom is -0.489 e. The number of rotatable bonds is 6. The maximum atomic E-state index is 14.6. The molecule has 0 bridgehead atoms. The molecule has 2 saturated heterocycles. The quantitative estimate of drug-likeness (QED) is 0.418. The normalized spacial score (nSPS) is 21.6. The SMILES string of the molecule is N#Cc1ccc(N2CCN([C@@H]3CCCc4cc(COc5cccc6c5CN(C5CCC(=O)NC5=O)C6=O)ccc43)CC2)c(F)c1. The Labute approximate surface area is 261 Å². The third kappa shape index (κ3) is 5.53. The predicted molar refractivity (Wildman–Crippen MR) is 164 cm³/mol. The first-order valence-electron chi connectivity index (χ1n) is 15.6. The molecule has 3 amide bonds. The highest BCUT2D eigenvalue weighted by atomic mass is 19.1. The number of hydrogen-bond donors (Lipinski definition) is 1. The lowest BCUT2D eigenvalue weighted by Crippen LogP contribution is -2.52. The topological polar surface area (TPSA) is 106 Å². The van der Waals surface area contributed by atoms with Gasteiger partial charge in [0.05, 0.1) is 23.9 Å². The molecule has 2 atom stereocenters. The molecule has 1 N–H and O–H groups in total. The second-order valence-corrected chi connectivity index (χ2v) is 12.2. The fraction of sp³-hybridized carbons (Fsp3) is 0.371. The third-order valence-electron chi connectivity index (χ3n) is 9.60. The molecule has 45 heavy (non-hydrogen) atoms. The lowest BCUT2D eigenvalue weighted by molar-refractivity contribution is -0.136. The van der Waals surface area contributed by atoms with Crippen LogP contribution in [0.25, 0.3) is 0 Å². The Balaban J connectivity index is 1.00. The van der Waals surface area contributed by atoms with Crippen molar-refractivity contribution in [3.8, 4) is 11.8 Å². The summed E-state index contributed by atoms with van der Waals surface area (Å²) in [6, 6.07) is 18.3. The summed E-state index contributed by atoms with van der Waals surface area (Å²) in [6.07, 6.45) is 3.72. The number of carbonyl (C=O) groups excluding carboxylic acids is 3. The molecule has 1 unspecified atom stereocenters. The van der Waals surface area contributed by atoms with Crippen LogP contribution in [0.2, 0.25) is 0 Å². The number of ether oxygens (including phenoxy) is 1. The van der Waals surface area contributed by atoms with Crippen LogP contribution in [0.4, 0.5) is 10.1 Å². The number of nitrogens with one attached hydrogen (secondary N) is 1. The van der Waals surface area contributed by atoms with Gasteiger partial charge in [0.2, 0.25) is 11.8 Å². The van der Waals surface area contributed by atoms with Crippen LogP contribution < -0.4 is 15.0 Å². The molecule has 3 heterocycles. The largest absolute Gasteiger partial charge is 0.489 e. The average Bonchev–Trinajstić information content (AvgIpc) is 3.39. The minimum atomic E-state index is -0.663. The first-order valence-corrected chi connectivity index (χ1v) is 15.6. The van der Waals surface area contributed by atoms with E-state index in [1.54, 1.807) is 29.2 Å². The Morgan fingerprint density at radius 1 is 0.956 bits per heavy atom. The summed E-state index contributed by atoms with van der Waals surface area (Å²) in [7, 11) is 0. The molecule has 1 aliphatic carbocycles. The second kappa shape index (κ2) is 12.0. The molecule has 3 aromatic rings. The van der Waals surface area contributed by atoms with Gasteiger partial charge in [-0.15, -0.1) is 0 Å². The van der Waals surface area contributed by atoms with E-state index < -0.39 is 11.9 Å². The van der Waals surface area contributed by atoms with Gasteiger partial charge in [-0.3, -0.25) is 24.6 Å². The first kappa shape index (κ1) is 29.0. The number of benzene rings is 3. The van der Waals surface area contributed by atoms with Crippen molar-refractivity contribution in [2.75, 3.05) is 31.1 Å². The Morgan fingerprint density at radius 2 is 1.80 bits per heavy atom. The van der Waals surface area contributed by atoms with Gasteiger partial charge in [-0.25, -0.2) is 4.39 Å². The molecular weight excluding hydrogens is 573 g/mol. The number of nitrogens with zero attached hydrogens (tertiary/aromatic N) is 4. The highest BCUT2D eigenvalue weighted by Crippen LogP contribution is 2.37. The van der Waals surface area contributed by atoms with Crippen LogP contribution in [0, 0.1) is 17.1 Å². The van der Waals surface area contributed by atoms with Crippen LogP contribution in [-0.2, 0) is 29.2 Å². The van der Waals surface area contributed by atoms with Crippen molar-refractivity contribution in [3.05, 3.63) is 93.8 Å². The molecular formula is C35H34FN5O4. The Hall–Kier alpha value is -4.75. The number of halogens is 1. The Bertz CT molecular complexity index is 1730. The lowest BCUT2D eigenvalue weighted by atomic mass is 9.85. The van der Waals surface area contributed by atoms with Gasteiger partial charge < -0.3 is 14.5 Å². The number of piperazine rings is 1. The summed E-state index contributed by atoms with van der Waals surface area (Å²) in [4.78, 5) is 43.3. The van der Waals surface area contributed by atoms with Crippen LogP contribution in [-0.4, -0.2) is 59.7 Å². The zero-order chi connectivity index (χ0) is 31.1. The van der Waals surface area contributed by atoms with Gasteiger partial charge in [0.25, 0.3) is 5.91 Å². The molecule has 9 nitrogen and oxygen atoms in total. The van der Waals surface area contributed by atoms with Crippen LogP contribution in [0.3, 0.4) is 0 Å². The number of nitriles is 1. The number of anilines is 1. The molecule has 7 rings (SSSR count). The zero-order valence-electron chi connectivity index (χ0n) is 24.9. The van der Waals surface area contributed by atoms with E-state index in [2.05, 4.69) is 33.3 Å². The summed E-state index contributed by atoms with van der Waals surface area (Å²) < 4.78 is 20.9. The van der Waals surface area contributed by atoms with E-state index >= 15 is 0 Å². The van der Waals surface area contributed by atoms with E-state index in [1.165, 1.54) is 17.2 Å². The van der Waals surface area contributed by atoms with Gasteiger partial charge in [-0.05, 0) is 72.7 Å². The number of piperidine rings is 1. The van der Waals surface area contributed by atoms with E-state index in [0.29, 0.717) is 41.6 Å². The summed E-state index contributed by atoms with van der Waals surface area (Å²) in [5, 5.41) is 11.4. The number of hydrogen-bond acceptors (Lipinski definition) is 7. The van der Waals surface area contributed by atoms with Gasteiger partial charge in [0.15, 0.2) is 0 Å². The molecule has 4 aliphatic rings. The van der Waals surface area contributed by atoms with Gasteiger partial charge in [0, 0.05) is 49.8 Å². The minimum absolute atomic E-state index is 0.215. The Kier molecular flexibility index (Phi) is 7.71. The first-order chi connectivity index (χ1) is 21.9. The highest BCUT2D eigenvalue weighted by molar-refractivity contribution is 6.05. The molecule has 0 radical (unpaired) electrons. The van der Waals surface area contributed by atoms with E-state index in [-0.39, 0.29) is 30.6 Å². The lowest BCUT2D eigenvalue weighted by Gasteiger charge is -2.42. The molecule has 230 valence electrons. The Morgan fingerprint density at radius 3 is 2.58 bits per heavy atom. The standard InChI is InChI=1S/C35H34FN5O4/c36-28-18-22(19-37)8-10-30(28)40-15-13-39(14-16-40)29-5-1-3-24-17-23(7-9-25(24)29)21-45-32-6-2-4-26-27(32)20-41(35(26)44)31-11-12-33(42)38-34(31)43/h2,4,6-10,17-18,29,31H,1,3,5,11-16,20-21H2,(H,38,42,43)/t29-,31?/m1/s1. The zero-order valence-corrected chi connectivity index (χ0v) is 24.9. The van der Waals surface area contributed by atoms with Crippen molar-refractivity contribution in [1.29, 1.82) is 5.26 Å². The molecule has 0 saturated carbocycles. The molecule has 0 aromatic heterocycles. The molecule has 3 aromatic carbocycles. The van der Waals surface area contributed by atoms with Crippen LogP contribution in [0.5, 0.6) is 5.75 Å².